The highest BCUT2D eigenvalue weighted by molar-refractivity contribution is 6.18. The van der Waals surface area contributed by atoms with E-state index in [1.807, 2.05) is 0 Å². The van der Waals surface area contributed by atoms with Crippen molar-refractivity contribution < 1.29 is 0 Å². The molecule has 0 unspecified atom stereocenters. The molecule has 2 aliphatic rings. The second-order valence-corrected chi connectivity index (χ2v) is 16.0. The van der Waals surface area contributed by atoms with E-state index in [0.29, 0.717) is 0 Å². The van der Waals surface area contributed by atoms with Gasteiger partial charge in [0, 0.05) is 33.7 Å². The summed E-state index contributed by atoms with van der Waals surface area (Å²) in [5, 5.41) is 3.74. The summed E-state index contributed by atoms with van der Waals surface area (Å²) in [7, 11) is 0. The number of aromatic nitrogens is 2. The van der Waals surface area contributed by atoms with Gasteiger partial charge in [-0.05, 0) is 115 Å². The summed E-state index contributed by atoms with van der Waals surface area (Å²) in [6.45, 7) is 0. The maximum absolute atomic E-state index is 2.49. The van der Waals surface area contributed by atoms with Crippen molar-refractivity contribution in [3.05, 3.63) is 241 Å². The molecule has 0 radical (unpaired) electrons. The first kappa shape index (κ1) is 32.4. The van der Waals surface area contributed by atoms with Crippen molar-refractivity contribution >= 4 is 32.7 Å². The lowest BCUT2D eigenvalue weighted by Crippen LogP contribution is -2.25. The van der Waals surface area contributed by atoms with Gasteiger partial charge >= 0.3 is 0 Å². The number of hydrogen-bond donors (Lipinski definition) is 0. The number of fused-ring (bicyclic) bond motifs is 15. The van der Waals surface area contributed by atoms with Gasteiger partial charge in [0.05, 0.1) is 22.0 Å². The average molecular weight is 749 g/mol. The van der Waals surface area contributed by atoms with Gasteiger partial charge in [-0.2, -0.15) is 0 Å². The van der Waals surface area contributed by atoms with Gasteiger partial charge in [0.25, 0.3) is 0 Å². The number of rotatable bonds is 4. The highest BCUT2D eigenvalue weighted by atomic mass is 15.0. The van der Waals surface area contributed by atoms with Crippen LogP contribution in [-0.4, -0.2) is 9.13 Å². The Balaban J connectivity index is 0.984. The Bertz CT molecular complexity index is 3430. The summed E-state index contributed by atoms with van der Waals surface area (Å²) in [5.41, 5.74) is 21.1. The lowest BCUT2D eigenvalue weighted by atomic mass is 9.70. The molecular formula is C57H36N2. The van der Waals surface area contributed by atoms with Crippen molar-refractivity contribution in [2.45, 2.75) is 5.41 Å². The van der Waals surface area contributed by atoms with E-state index in [0.717, 1.165) is 11.4 Å². The van der Waals surface area contributed by atoms with Crippen LogP contribution in [0.2, 0.25) is 0 Å². The highest BCUT2D eigenvalue weighted by Gasteiger charge is 2.51. The first-order chi connectivity index (χ1) is 29.3. The molecule has 59 heavy (non-hydrogen) atoms. The van der Waals surface area contributed by atoms with Crippen LogP contribution in [0.5, 0.6) is 0 Å². The van der Waals surface area contributed by atoms with E-state index in [-0.39, 0.29) is 5.41 Å². The molecule has 0 fully saturated rings. The SMILES string of the molecule is c1ccc(-c2ccc(-n3ccc4c3ccc3c5ccccc5n(-c5cccc(-c6ccc7c(c6)C6(c8ccccc8-c8ccccc86)c6ccccc6-7)c5)c34)cc2)cc1. The van der Waals surface area contributed by atoms with Gasteiger partial charge in [0.15, 0.2) is 0 Å². The standard InChI is InChI=1S/C57H36N2/c1-2-13-37(14-3-1)38-25-28-41(29-26-38)58-34-33-49-54(58)32-31-48-47-20-7-11-24-55(47)59(56(48)49)42-16-12-15-39(35-42)40-27-30-46-45-19-6-10-23-52(45)57(53(46)36-40)50-21-8-4-17-43(50)44-18-5-9-22-51(44)57/h1-36H. The van der Waals surface area contributed by atoms with E-state index in [9.17, 15) is 0 Å². The Morgan fingerprint density at radius 3 is 1.61 bits per heavy atom. The van der Waals surface area contributed by atoms with Gasteiger partial charge in [0.1, 0.15) is 0 Å². The zero-order chi connectivity index (χ0) is 38.7. The summed E-state index contributed by atoms with van der Waals surface area (Å²) in [6, 6.07) is 78.7. The molecule has 9 aromatic carbocycles. The van der Waals surface area contributed by atoms with Crippen molar-refractivity contribution in [3.63, 3.8) is 0 Å². The van der Waals surface area contributed by atoms with Crippen LogP contribution in [0.4, 0.5) is 0 Å². The number of nitrogens with zero attached hydrogens (tertiary/aromatic N) is 2. The van der Waals surface area contributed by atoms with Crippen LogP contribution >= 0.6 is 0 Å². The smallest absolute Gasteiger partial charge is 0.0725 e. The highest BCUT2D eigenvalue weighted by Crippen LogP contribution is 2.63. The lowest BCUT2D eigenvalue weighted by Gasteiger charge is -2.30. The third-order valence-corrected chi connectivity index (χ3v) is 13.2. The monoisotopic (exact) mass is 748 g/mol. The predicted molar refractivity (Wildman–Crippen MR) is 245 cm³/mol. The van der Waals surface area contributed by atoms with Crippen LogP contribution in [0.1, 0.15) is 22.3 Å². The number of hydrogen-bond acceptors (Lipinski definition) is 0. The molecule has 0 amide bonds. The Labute approximate surface area is 342 Å². The van der Waals surface area contributed by atoms with Gasteiger partial charge < -0.3 is 9.13 Å². The molecule has 0 N–H and O–H groups in total. The van der Waals surface area contributed by atoms with Crippen LogP contribution in [0.25, 0.3) is 88.6 Å². The molecule has 0 bridgehead atoms. The topological polar surface area (TPSA) is 9.86 Å². The minimum atomic E-state index is -0.375. The van der Waals surface area contributed by atoms with Gasteiger partial charge in [0.2, 0.25) is 0 Å². The lowest BCUT2D eigenvalue weighted by molar-refractivity contribution is 0.794. The van der Waals surface area contributed by atoms with Gasteiger partial charge in [-0.1, -0.05) is 164 Å². The quantitative estimate of drug-likeness (QED) is 0.170. The van der Waals surface area contributed by atoms with E-state index >= 15 is 0 Å². The fraction of sp³-hybridized carbons (Fsp3) is 0.0175. The molecule has 274 valence electrons. The molecule has 0 atom stereocenters. The summed E-state index contributed by atoms with van der Waals surface area (Å²) in [5.74, 6) is 0. The summed E-state index contributed by atoms with van der Waals surface area (Å²) in [4.78, 5) is 0. The van der Waals surface area contributed by atoms with Crippen LogP contribution in [-0.2, 0) is 5.41 Å². The molecule has 0 saturated carbocycles. The van der Waals surface area contributed by atoms with Gasteiger partial charge in [-0.15, -0.1) is 0 Å². The van der Waals surface area contributed by atoms with E-state index in [1.54, 1.807) is 0 Å². The molecule has 0 aliphatic heterocycles. The molecule has 0 saturated heterocycles. The first-order valence-corrected chi connectivity index (χ1v) is 20.5. The van der Waals surface area contributed by atoms with Crippen molar-refractivity contribution in [1.82, 2.24) is 9.13 Å². The summed E-state index contributed by atoms with van der Waals surface area (Å²) >= 11 is 0. The number of benzene rings is 9. The zero-order valence-electron chi connectivity index (χ0n) is 32.2. The molecule has 2 aromatic heterocycles. The Hall–Kier alpha value is -7.68. The maximum Gasteiger partial charge on any atom is 0.0725 e. The molecule has 2 heterocycles. The Morgan fingerprint density at radius 1 is 0.305 bits per heavy atom. The largest absolute Gasteiger partial charge is 0.316 e. The predicted octanol–water partition coefficient (Wildman–Crippen LogP) is 14.4. The minimum absolute atomic E-state index is 0.375. The van der Waals surface area contributed by atoms with E-state index < -0.39 is 0 Å². The molecule has 13 rings (SSSR count). The fourth-order valence-corrected chi connectivity index (χ4v) is 10.7. The van der Waals surface area contributed by atoms with Crippen molar-refractivity contribution in [2.75, 3.05) is 0 Å². The van der Waals surface area contributed by atoms with Crippen LogP contribution in [0.15, 0.2) is 219 Å². The molecule has 1 spiro atoms. The third kappa shape index (κ3) is 4.40. The third-order valence-electron chi connectivity index (χ3n) is 13.2. The summed E-state index contributed by atoms with van der Waals surface area (Å²) in [6.07, 6.45) is 2.22. The Morgan fingerprint density at radius 2 is 0.881 bits per heavy atom. The minimum Gasteiger partial charge on any atom is -0.316 e. The Kier molecular flexibility index (Phi) is 6.68. The van der Waals surface area contributed by atoms with Crippen LogP contribution < -0.4 is 0 Å². The van der Waals surface area contributed by atoms with Crippen LogP contribution in [0, 0.1) is 0 Å². The molecule has 2 aliphatic carbocycles. The average Bonchev–Trinajstić information content (AvgIpc) is 4.05. The normalized spacial score (nSPS) is 13.2. The molecule has 11 aromatic rings. The van der Waals surface area contributed by atoms with Gasteiger partial charge in [-0.3, -0.25) is 0 Å². The van der Waals surface area contributed by atoms with Crippen LogP contribution in [0.3, 0.4) is 0 Å². The van der Waals surface area contributed by atoms with E-state index in [2.05, 4.69) is 228 Å². The molecule has 2 heteroatoms. The van der Waals surface area contributed by atoms with Gasteiger partial charge in [-0.25, -0.2) is 0 Å². The fourth-order valence-electron chi connectivity index (χ4n) is 10.7. The molecule has 2 nitrogen and oxygen atoms in total. The zero-order valence-corrected chi connectivity index (χ0v) is 32.2. The van der Waals surface area contributed by atoms with E-state index in [1.165, 1.54) is 99.5 Å². The second kappa shape index (κ2) is 12.2. The molecular weight excluding hydrogens is 713 g/mol. The van der Waals surface area contributed by atoms with Crippen molar-refractivity contribution in [3.8, 4) is 55.9 Å². The first-order valence-electron chi connectivity index (χ1n) is 20.5. The number of para-hydroxylation sites is 1. The summed E-state index contributed by atoms with van der Waals surface area (Å²) < 4.78 is 4.80. The van der Waals surface area contributed by atoms with E-state index in [4.69, 9.17) is 0 Å². The van der Waals surface area contributed by atoms with Crippen molar-refractivity contribution in [2.24, 2.45) is 0 Å². The second-order valence-electron chi connectivity index (χ2n) is 16.0. The van der Waals surface area contributed by atoms with Crippen molar-refractivity contribution in [1.29, 1.82) is 0 Å². The maximum atomic E-state index is 2.49.